The Morgan fingerprint density at radius 1 is 1.47 bits per heavy atom. The van der Waals surface area contributed by atoms with Crippen LogP contribution in [0.1, 0.15) is 18.4 Å². The summed E-state index contributed by atoms with van der Waals surface area (Å²) in [7, 11) is -1.82. The Labute approximate surface area is 112 Å². The molecule has 6 heteroatoms. The lowest BCUT2D eigenvalue weighted by molar-refractivity contribution is 0.171. The van der Waals surface area contributed by atoms with Crippen molar-refractivity contribution >= 4 is 9.84 Å². The number of benzene rings is 1. The molecule has 106 valence electrons. The van der Waals surface area contributed by atoms with E-state index in [0.717, 1.165) is 0 Å². The molecular weight excluding hydrogens is 269 g/mol. The Morgan fingerprint density at radius 2 is 2.16 bits per heavy atom. The van der Waals surface area contributed by atoms with Crippen LogP contribution < -0.4 is 5.73 Å². The first-order chi connectivity index (χ1) is 8.86. The maximum atomic E-state index is 13.3. The number of methoxy groups -OCH3 is 1. The van der Waals surface area contributed by atoms with E-state index in [0.29, 0.717) is 5.56 Å². The molecule has 1 aromatic rings. The zero-order valence-electron chi connectivity index (χ0n) is 11.0. The van der Waals surface area contributed by atoms with Crippen molar-refractivity contribution in [1.29, 1.82) is 0 Å². The largest absolute Gasteiger partial charge is 0.383 e. The van der Waals surface area contributed by atoms with Gasteiger partial charge >= 0.3 is 0 Å². The molecule has 0 radical (unpaired) electrons. The van der Waals surface area contributed by atoms with Crippen LogP contribution in [0.4, 0.5) is 4.39 Å². The van der Waals surface area contributed by atoms with E-state index in [4.69, 9.17) is 10.5 Å². The first-order valence-electron chi connectivity index (χ1n) is 6.11. The molecule has 4 nitrogen and oxygen atoms in total. The summed E-state index contributed by atoms with van der Waals surface area (Å²) in [6, 6.07) is 5.93. The standard InChI is InChI=1S/C13H18FNO3S/c1-3-19(16,17)12-11(13(12,15)8-18-2)9-5-4-6-10(14)7-9/h4-7,11-12H,3,8,15H2,1-2H3/t11-,12+,13+/m0/s1. The smallest absolute Gasteiger partial charge is 0.155 e. The molecule has 19 heavy (non-hydrogen) atoms. The second kappa shape index (κ2) is 4.85. The van der Waals surface area contributed by atoms with Crippen molar-refractivity contribution in [1.82, 2.24) is 0 Å². The third kappa shape index (κ3) is 2.40. The van der Waals surface area contributed by atoms with Crippen molar-refractivity contribution < 1.29 is 17.5 Å². The van der Waals surface area contributed by atoms with Crippen molar-refractivity contribution in [2.45, 2.75) is 23.6 Å². The highest BCUT2D eigenvalue weighted by Gasteiger charge is 2.68. The molecule has 1 fully saturated rings. The minimum absolute atomic E-state index is 0.0200. The first-order valence-corrected chi connectivity index (χ1v) is 7.83. The van der Waals surface area contributed by atoms with Gasteiger partial charge in [0, 0.05) is 18.8 Å². The van der Waals surface area contributed by atoms with Crippen LogP contribution in [0.25, 0.3) is 0 Å². The van der Waals surface area contributed by atoms with Crippen LogP contribution in [-0.4, -0.2) is 38.7 Å². The minimum Gasteiger partial charge on any atom is -0.383 e. The van der Waals surface area contributed by atoms with E-state index in [9.17, 15) is 12.8 Å². The second-order valence-corrected chi connectivity index (χ2v) is 7.36. The molecule has 2 N–H and O–H groups in total. The first kappa shape index (κ1) is 14.4. The molecule has 0 aliphatic heterocycles. The van der Waals surface area contributed by atoms with E-state index in [1.807, 2.05) is 0 Å². The highest BCUT2D eigenvalue weighted by atomic mass is 32.2. The molecule has 0 spiro atoms. The van der Waals surface area contributed by atoms with E-state index in [1.54, 1.807) is 19.1 Å². The maximum Gasteiger partial charge on any atom is 0.155 e. The lowest BCUT2D eigenvalue weighted by Gasteiger charge is -2.10. The van der Waals surface area contributed by atoms with Crippen molar-refractivity contribution in [3.8, 4) is 0 Å². The Morgan fingerprint density at radius 3 is 2.68 bits per heavy atom. The number of rotatable bonds is 5. The molecule has 0 heterocycles. The molecule has 1 aliphatic rings. The Bertz CT molecular complexity index is 575. The number of nitrogens with two attached hydrogens (primary N) is 1. The molecule has 1 aromatic carbocycles. The maximum absolute atomic E-state index is 13.3. The van der Waals surface area contributed by atoms with Gasteiger partial charge in [-0.15, -0.1) is 0 Å². The quantitative estimate of drug-likeness (QED) is 0.879. The minimum atomic E-state index is -3.29. The van der Waals surface area contributed by atoms with E-state index in [-0.39, 0.29) is 12.4 Å². The lowest BCUT2D eigenvalue weighted by atomic mass is 10.1. The van der Waals surface area contributed by atoms with Gasteiger partial charge in [-0.05, 0) is 17.7 Å². The van der Waals surface area contributed by atoms with E-state index >= 15 is 0 Å². The number of ether oxygens (including phenoxy) is 1. The fourth-order valence-electron chi connectivity index (χ4n) is 2.75. The van der Waals surface area contributed by atoms with Crippen molar-refractivity contribution in [2.75, 3.05) is 19.5 Å². The van der Waals surface area contributed by atoms with Crippen LogP contribution in [0.3, 0.4) is 0 Å². The van der Waals surface area contributed by atoms with Gasteiger partial charge < -0.3 is 10.5 Å². The van der Waals surface area contributed by atoms with Gasteiger partial charge in [0.25, 0.3) is 0 Å². The molecule has 1 aliphatic carbocycles. The number of halogens is 1. The van der Waals surface area contributed by atoms with Crippen LogP contribution in [0.2, 0.25) is 0 Å². The van der Waals surface area contributed by atoms with Gasteiger partial charge in [0.1, 0.15) is 5.82 Å². The Kier molecular flexibility index (Phi) is 3.68. The monoisotopic (exact) mass is 287 g/mol. The van der Waals surface area contributed by atoms with E-state index < -0.39 is 32.4 Å². The Balaban J connectivity index is 2.39. The summed E-state index contributed by atoms with van der Waals surface area (Å²) in [5, 5.41) is -0.702. The van der Waals surface area contributed by atoms with Crippen LogP contribution in [0, 0.1) is 5.82 Å². The van der Waals surface area contributed by atoms with Crippen molar-refractivity contribution in [3.63, 3.8) is 0 Å². The van der Waals surface area contributed by atoms with Crippen LogP contribution in [0.15, 0.2) is 24.3 Å². The van der Waals surface area contributed by atoms with Crippen LogP contribution in [-0.2, 0) is 14.6 Å². The lowest BCUT2D eigenvalue weighted by Crippen LogP contribution is -2.36. The van der Waals surface area contributed by atoms with Gasteiger partial charge in [-0.25, -0.2) is 12.8 Å². The fourth-order valence-corrected chi connectivity index (χ4v) is 4.74. The predicted octanol–water partition coefficient (Wildman–Crippen LogP) is 1.07. The SMILES string of the molecule is CCS(=O)(=O)[C@@H]1[C@H](c2cccc(F)c2)[C@]1(N)COC. The summed E-state index contributed by atoms with van der Waals surface area (Å²) in [5.41, 5.74) is 5.81. The third-order valence-corrected chi connectivity index (χ3v) is 5.98. The topological polar surface area (TPSA) is 69.4 Å². The predicted molar refractivity (Wildman–Crippen MR) is 71.2 cm³/mol. The molecular formula is C13H18FNO3S. The van der Waals surface area contributed by atoms with Gasteiger partial charge in [-0.1, -0.05) is 19.1 Å². The zero-order chi connectivity index (χ0) is 14.3. The molecule has 3 atom stereocenters. The van der Waals surface area contributed by atoms with E-state index in [1.165, 1.54) is 19.2 Å². The molecule has 0 bridgehead atoms. The van der Waals surface area contributed by atoms with Gasteiger partial charge in [-0.2, -0.15) is 0 Å². The third-order valence-electron chi connectivity index (χ3n) is 3.69. The molecule has 0 unspecified atom stereocenters. The number of sulfone groups is 1. The molecule has 1 saturated carbocycles. The molecule has 0 saturated heterocycles. The van der Waals surface area contributed by atoms with E-state index in [2.05, 4.69) is 0 Å². The average Bonchev–Trinajstić information content (AvgIpc) is 2.96. The van der Waals surface area contributed by atoms with Gasteiger partial charge in [0.05, 0.1) is 17.4 Å². The summed E-state index contributed by atoms with van der Waals surface area (Å²) in [5.74, 6) is -0.781. The highest BCUT2D eigenvalue weighted by molar-refractivity contribution is 7.92. The summed E-state index contributed by atoms with van der Waals surface area (Å²) >= 11 is 0. The second-order valence-electron chi connectivity index (χ2n) is 4.95. The normalized spacial score (nSPS) is 30.3. The molecule has 0 amide bonds. The number of hydrogen-bond donors (Lipinski definition) is 1. The van der Waals surface area contributed by atoms with Gasteiger partial charge in [0.15, 0.2) is 9.84 Å². The summed E-state index contributed by atoms with van der Waals surface area (Å²) < 4.78 is 42.5. The summed E-state index contributed by atoms with van der Waals surface area (Å²) in [4.78, 5) is 0. The van der Waals surface area contributed by atoms with Crippen LogP contribution in [0.5, 0.6) is 0 Å². The summed E-state index contributed by atoms with van der Waals surface area (Å²) in [6.45, 7) is 1.72. The highest BCUT2D eigenvalue weighted by Crippen LogP contribution is 2.54. The van der Waals surface area contributed by atoms with Crippen LogP contribution >= 0.6 is 0 Å². The summed E-state index contributed by atoms with van der Waals surface area (Å²) in [6.07, 6.45) is 0. The van der Waals surface area contributed by atoms with Crippen molar-refractivity contribution in [3.05, 3.63) is 35.6 Å². The number of hydrogen-bond acceptors (Lipinski definition) is 4. The molecule has 2 rings (SSSR count). The van der Waals surface area contributed by atoms with Gasteiger partial charge in [0.2, 0.25) is 0 Å². The average molecular weight is 287 g/mol. The van der Waals surface area contributed by atoms with Gasteiger partial charge in [-0.3, -0.25) is 0 Å². The fraction of sp³-hybridized carbons (Fsp3) is 0.538. The molecule has 0 aromatic heterocycles. The Hall–Kier alpha value is -0.980. The zero-order valence-corrected chi connectivity index (χ0v) is 11.8. The van der Waals surface area contributed by atoms with Crippen molar-refractivity contribution in [2.24, 2.45) is 5.73 Å².